The Morgan fingerprint density at radius 1 is 1.07 bits per heavy atom. The quantitative estimate of drug-likeness (QED) is 0.654. The van der Waals surface area contributed by atoms with E-state index in [1.54, 1.807) is 0 Å². The fourth-order valence-corrected chi connectivity index (χ4v) is 3.31. The molecular formula is C13H25N. The van der Waals surface area contributed by atoms with Crippen molar-refractivity contribution in [3.8, 4) is 0 Å². The van der Waals surface area contributed by atoms with E-state index in [1.807, 2.05) is 0 Å². The minimum atomic E-state index is 0.947. The highest BCUT2D eigenvalue weighted by Gasteiger charge is 2.25. The van der Waals surface area contributed by atoms with Crippen molar-refractivity contribution in [1.82, 2.24) is 4.90 Å². The first kappa shape index (κ1) is 10.5. The lowest BCUT2D eigenvalue weighted by Crippen LogP contribution is -2.37. The minimum absolute atomic E-state index is 0.947. The molecule has 1 saturated heterocycles. The third-order valence-corrected chi connectivity index (χ3v) is 4.06. The second-order valence-corrected chi connectivity index (χ2v) is 5.79. The summed E-state index contributed by atoms with van der Waals surface area (Å²) in [6.07, 6.45) is 7.35. The zero-order valence-corrected chi connectivity index (χ0v) is 9.84. The van der Waals surface area contributed by atoms with Gasteiger partial charge in [-0.15, -0.1) is 0 Å². The predicted molar refractivity (Wildman–Crippen MR) is 61.3 cm³/mol. The highest BCUT2D eigenvalue weighted by Crippen LogP contribution is 2.31. The molecule has 0 aromatic carbocycles. The molecule has 1 saturated carbocycles. The van der Waals surface area contributed by atoms with E-state index >= 15 is 0 Å². The van der Waals surface area contributed by atoms with Crippen molar-refractivity contribution < 1.29 is 0 Å². The molecule has 3 atom stereocenters. The average molecular weight is 195 g/mol. The van der Waals surface area contributed by atoms with Crippen LogP contribution < -0.4 is 0 Å². The van der Waals surface area contributed by atoms with Crippen LogP contribution in [0.4, 0.5) is 0 Å². The summed E-state index contributed by atoms with van der Waals surface area (Å²) < 4.78 is 0. The first-order valence-corrected chi connectivity index (χ1v) is 6.46. The molecular weight excluding hydrogens is 170 g/mol. The molecule has 1 aliphatic heterocycles. The molecule has 0 aromatic heterocycles. The maximum Gasteiger partial charge on any atom is 0.000987 e. The Labute approximate surface area is 88.9 Å². The Hall–Kier alpha value is -0.0400. The second-order valence-electron chi connectivity index (χ2n) is 5.79. The van der Waals surface area contributed by atoms with Crippen molar-refractivity contribution in [2.24, 2.45) is 17.8 Å². The minimum Gasteiger partial charge on any atom is -0.303 e. The third-order valence-electron chi connectivity index (χ3n) is 4.06. The van der Waals surface area contributed by atoms with Crippen LogP contribution in [0.3, 0.4) is 0 Å². The number of hydrogen-bond acceptors (Lipinski definition) is 1. The van der Waals surface area contributed by atoms with Crippen LogP contribution in [0.1, 0.15) is 46.0 Å². The van der Waals surface area contributed by atoms with E-state index in [0.29, 0.717) is 0 Å². The van der Waals surface area contributed by atoms with Crippen LogP contribution in [-0.4, -0.2) is 24.5 Å². The lowest BCUT2D eigenvalue weighted by Gasteiger charge is -2.32. The molecule has 0 aromatic rings. The van der Waals surface area contributed by atoms with Gasteiger partial charge < -0.3 is 4.90 Å². The summed E-state index contributed by atoms with van der Waals surface area (Å²) in [5, 5.41) is 0. The summed E-state index contributed by atoms with van der Waals surface area (Å²) in [7, 11) is 0. The van der Waals surface area contributed by atoms with Crippen LogP contribution in [0.15, 0.2) is 0 Å². The number of hydrogen-bond donors (Lipinski definition) is 0. The van der Waals surface area contributed by atoms with Gasteiger partial charge in [0.1, 0.15) is 0 Å². The fourth-order valence-electron chi connectivity index (χ4n) is 3.31. The first-order chi connectivity index (χ1) is 6.74. The van der Waals surface area contributed by atoms with Crippen molar-refractivity contribution in [2.75, 3.05) is 19.6 Å². The molecule has 0 radical (unpaired) electrons. The summed E-state index contributed by atoms with van der Waals surface area (Å²) in [6.45, 7) is 8.96. The van der Waals surface area contributed by atoms with Crippen LogP contribution >= 0.6 is 0 Å². The van der Waals surface area contributed by atoms with Gasteiger partial charge >= 0.3 is 0 Å². The van der Waals surface area contributed by atoms with Crippen molar-refractivity contribution in [3.63, 3.8) is 0 Å². The first-order valence-electron chi connectivity index (χ1n) is 6.46. The van der Waals surface area contributed by atoms with E-state index in [1.165, 1.54) is 51.7 Å². The molecule has 0 amide bonds. The summed E-state index contributed by atoms with van der Waals surface area (Å²) in [4.78, 5) is 2.72. The van der Waals surface area contributed by atoms with E-state index in [-0.39, 0.29) is 0 Å². The van der Waals surface area contributed by atoms with Gasteiger partial charge in [-0.1, -0.05) is 20.3 Å². The van der Waals surface area contributed by atoms with Crippen LogP contribution in [0.2, 0.25) is 0 Å². The molecule has 0 bridgehead atoms. The molecule has 2 aliphatic rings. The summed E-state index contributed by atoms with van der Waals surface area (Å²) in [5.74, 6) is 2.97. The second kappa shape index (κ2) is 4.65. The van der Waals surface area contributed by atoms with Crippen LogP contribution in [0, 0.1) is 17.8 Å². The molecule has 2 fully saturated rings. The number of likely N-dealkylation sites (tertiary alicyclic amines) is 1. The van der Waals surface area contributed by atoms with Crippen molar-refractivity contribution >= 4 is 0 Å². The van der Waals surface area contributed by atoms with E-state index in [0.717, 1.165) is 17.8 Å². The zero-order valence-electron chi connectivity index (χ0n) is 9.84. The van der Waals surface area contributed by atoms with Crippen molar-refractivity contribution in [1.29, 1.82) is 0 Å². The average Bonchev–Trinajstić information content (AvgIpc) is 2.51. The smallest absolute Gasteiger partial charge is 0.000987 e. The van der Waals surface area contributed by atoms with Gasteiger partial charge in [0.15, 0.2) is 0 Å². The normalized spacial score (nSPS) is 40.3. The summed E-state index contributed by atoms with van der Waals surface area (Å²) in [5.41, 5.74) is 0. The van der Waals surface area contributed by atoms with Crippen LogP contribution in [-0.2, 0) is 0 Å². The zero-order chi connectivity index (χ0) is 9.97. The maximum atomic E-state index is 2.72. The largest absolute Gasteiger partial charge is 0.303 e. The molecule has 1 aliphatic carbocycles. The molecule has 0 spiro atoms. The van der Waals surface area contributed by atoms with Crippen molar-refractivity contribution in [3.05, 3.63) is 0 Å². The van der Waals surface area contributed by atoms with E-state index in [9.17, 15) is 0 Å². The monoisotopic (exact) mass is 195 g/mol. The number of rotatable bonds is 2. The van der Waals surface area contributed by atoms with Gasteiger partial charge in [0.25, 0.3) is 0 Å². The van der Waals surface area contributed by atoms with E-state index in [2.05, 4.69) is 18.7 Å². The molecule has 14 heavy (non-hydrogen) atoms. The molecule has 82 valence electrons. The predicted octanol–water partition coefficient (Wildman–Crippen LogP) is 3.15. The highest BCUT2D eigenvalue weighted by molar-refractivity contribution is 4.78. The Morgan fingerprint density at radius 3 is 2.57 bits per heavy atom. The Balaban J connectivity index is 1.74. The van der Waals surface area contributed by atoms with Crippen LogP contribution in [0.25, 0.3) is 0 Å². The van der Waals surface area contributed by atoms with Crippen LogP contribution in [0.5, 0.6) is 0 Å². The lowest BCUT2D eigenvalue weighted by atomic mass is 9.98. The van der Waals surface area contributed by atoms with E-state index < -0.39 is 0 Å². The Bertz CT molecular complexity index is 178. The lowest BCUT2D eigenvalue weighted by molar-refractivity contribution is 0.159. The topological polar surface area (TPSA) is 3.24 Å². The summed E-state index contributed by atoms with van der Waals surface area (Å²) in [6, 6.07) is 0. The molecule has 3 unspecified atom stereocenters. The third kappa shape index (κ3) is 2.73. The highest BCUT2D eigenvalue weighted by atomic mass is 15.1. The molecule has 1 nitrogen and oxygen atoms in total. The van der Waals surface area contributed by atoms with Gasteiger partial charge in [-0.3, -0.25) is 0 Å². The molecule has 2 rings (SSSR count). The van der Waals surface area contributed by atoms with Gasteiger partial charge in [-0.2, -0.15) is 0 Å². The van der Waals surface area contributed by atoms with Gasteiger partial charge in [0.2, 0.25) is 0 Å². The van der Waals surface area contributed by atoms with E-state index in [4.69, 9.17) is 0 Å². The molecule has 0 N–H and O–H groups in total. The van der Waals surface area contributed by atoms with Gasteiger partial charge in [0.05, 0.1) is 0 Å². The van der Waals surface area contributed by atoms with Gasteiger partial charge in [-0.25, -0.2) is 0 Å². The Morgan fingerprint density at radius 2 is 1.93 bits per heavy atom. The molecule has 1 heteroatoms. The summed E-state index contributed by atoms with van der Waals surface area (Å²) >= 11 is 0. The van der Waals surface area contributed by atoms with Gasteiger partial charge in [0, 0.05) is 13.1 Å². The van der Waals surface area contributed by atoms with Gasteiger partial charge in [-0.05, 0) is 50.0 Å². The molecule has 1 heterocycles. The standard InChI is InChI=1S/C13H25N/c1-11-5-6-13(8-11)10-14-7-3-4-12(2)9-14/h11-13H,3-10H2,1-2H3. The maximum absolute atomic E-state index is 2.72. The fraction of sp³-hybridized carbons (Fsp3) is 1.00. The van der Waals surface area contributed by atoms with Crippen molar-refractivity contribution in [2.45, 2.75) is 46.0 Å². The SMILES string of the molecule is CC1CCC(CN2CCCC(C)C2)C1. The number of piperidine rings is 1. The Kier molecular flexibility index (Phi) is 3.48. The number of nitrogens with zero attached hydrogens (tertiary/aromatic N) is 1.